The maximum Gasteiger partial charge on any atom is 0.182 e. The molecule has 0 fully saturated rings. The number of hydrogen-bond acceptors (Lipinski definition) is 3. The van der Waals surface area contributed by atoms with Gasteiger partial charge in [0.15, 0.2) is 11.6 Å². The third-order valence-electron chi connectivity index (χ3n) is 2.19. The highest BCUT2D eigenvalue weighted by molar-refractivity contribution is 5.45. The Morgan fingerprint density at radius 2 is 1.89 bits per heavy atom. The summed E-state index contributed by atoms with van der Waals surface area (Å²) in [5, 5.41) is 2.57. The van der Waals surface area contributed by atoms with Crippen LogP contribution in [0.1, 0.15) is 6.42 Å². The zero-order valence-corrected chi connectivity index (χ0v) is 10.1. The van der Waals surface area contributed by atoms with Crippen LogP contribution in [0.25, 0.3) is 0 Å². The summed E-state index contributed by atoms with van der Waals surface area (Å²) in [4.78, 5) is 0. The molecular weight excluding hydrogens is 247 g/mol. The average Bonchev–Trinajstić information content (AvgIpc) is 2.33. The number of rotatable bonds is 8. The third kappa shape index (κ3) is 4.93. The minimum absolute atomic E-state index is 0.201. The summed E-state index contributed by atoms with van der Waals surface area (Å²) in [6.07, 6.45) is 0.763. The molecule has 18 heavy (non-hydrogen) atoms. The molecule has 0 saturated carbocycles. The Morgan fingerprint density at radius 3 is 2.61 bits per heavy atom. The van der Waals surface area contributed by atoms with Gasteiger partial charge in [-0.3, -0.25) is 0 Å². The molecule has 6 heteroatoms. The first-order valence-corrected chi connectivity index (χ1v) is 5.60. The molecule has 3 nitrogen and oxygen atoms in total. The second kappa shape index (κ2) is 7.94. The van der Waals surface area contributed by atoms with Gasteiger partial charge in [-0.25, -0.2) is 13.2 Å². The van der Waals surface area contributed by atoms with Crippen molar-refractivity contribution < 1.29 is 22.6 Å². The van der Waals surface area contributed by atoms with Gasteiger partial charge in [0, 0.05) is 39.0 Å². The SMILES string of the molecule is COCCCOCCNc1cc(F)cc(F)c1F. The number of benzene rings is 1. The summed E-state index contributed by atoms with van der Waals surface area (Å²) in [6.45, 7) is 1.72. The van der Waals surface area contributed by atoms with E-state index in [1.807, 2.05) is 0 Å². The zero-order valence-electron chi connectivity index (χ0n) is 10.1. The molecule has 0 amide bonds. The molecule has 0 spiro atoms. The molecule has 0 aliphatic carbocycles. The van der Waals surface area contributed by atoms with Crippen LogP contribution in [0.3, 0.4) is 0 Å². The predicted molar refractivity (Wildman–Crippen MR) is 62.1 cm³/mol. The lowest BCUT2D eigenvalue weighted by atomic mass is 10.3. The average molecular weight is 263 g/mol. The Bertz CT molecular complexity index is 375. The third-order valence-corrected chi connectivity index (χ3v) is 2.19. The Hall–Kier alpha value is -1.27. The largest absolute Gasteiger partial charge is 0.385 e. The number of anilines is 1. The number of hydrogen-bond donors (Lipinski definition) is 1. The van der Waals surface area contributed by atoms with E-state index in [0.717, 1.165) is 12.5 Å². The standard InChI is InChI=1S/C12H16F3NO2/c1-17-4-2-5-18-6-3-16-11-8-9(13)7-10(14)12(11)15/h7-8,16H,2-6H2,1H3. The molecule has 0 aliphatic heterocycles. The molecule has 0 radical (unpaired) electrons. The summed E-state index contributed by atoms with van der Waals surface area (Å²) in [6, 6.07) is 1.41. The predicted octanol–water partition coefficient (Wildman–Crippen LogP) is 2.57. The van der Waals surface area contributed by atoms with Crippen molar-refractivity contribution in [1.82, 2.24) is 0 Å². The van der Waals surface area contributed by atoms with Gasteiger partial charge in [0.05, 0.1) is 12.3 Å². The first kappa shape index (κ1) is 14.8. The normalized spacial score (nSPS) is 10.7. The quantitative estimate of drug-likeness (QED) is 0.577. The Labute approximate surface area is 104 Å². The minimum atomic E-state index is -1.21. The van der Waals surface area contributed by atoms with Gasteiger partial charge in [0.2, 0.25) is 0 Å². The van der Waals surface area contributed by atoms with Gasteiger partial charge in [-0.2, -0.15) is 0 Å². The van der Waals surface area contributed by atoms with Gasteiger partial charge in [0.25, 0.3) is 0 Å². The molecule has 0 aromatic heterocycles. The first-order valence-electron chi connectivity index (χ1n) is 5.60. The lowest BCUT2D eigenvalue weighted by molar-refractivity contribution is 0.109. The smallest absolute Gasteiger partial charge is 0.182 e. The van der Waals surface area contributed by atoms with Gasteiger partial charge in [-0.15, -0.1) is 0 Å². The molecule has 1 aromatic carbocycles. The van der Waals surface area contributed by atoms with Crippen LogP contribution in [-0.4, -0.2) is 33.5 Å². The fourth-order valence-electron chi connectivity index (χ4n) is 1.35. The molecule has 0 unspecified atom stereocenters. The summed E-state index contributed by atoms with van der Waals surface area (Å²) >= 11 is 0. The highest BCUT2D eigenvalue weighted by Gasteiger charge is 2.10. The summed E-state index contributed by atoms with van der Waals surface area (Å²) in [7, 11) is 1.60. The molecule has 0 saturated heterocycles. The van der Waals surface area contributed by atoms with Crippen molar-refractivity contribution in [2.24, 2.45) is 0 Å². The van der Waals surface area contributed by atoms with Gasteiger partial charge < -0.3 is 14.8 Å². The van der Waals surface area contributed by atoms with Crippen LogP contribution < -0.4 is 5.32 Å². The number of methoxy groups -OCH3 is 1. The Morgan fingerprint density at radius 1 is 1.11 bits per heavy atom. The van der Waals surface area contributed by atoms with E-state index >= 15 is 0 Å². The van der Waals surface area contributed by atoms with E-state index in [0.29, 0.717) is 25.9 Å². The van der Waals surface area contributed by atoms with E-state index in [1.165, 1.54) is 0 Å². The molecule has 1 N–H and O–H groups in total. The topological polar surface area (TPSA) is 30.5 Å². The fraction of sp³-hybridized carbons (Fsp3) is 0.500. The lowest BCUT2D eigenvalue weighted by Crippen LogP contribution is -2.12. The Kier molecular flexibility index (Phi) is 6.53. The molecule has 1 rings (SSSR count). The molecule has 102 valence electrons. The second-order valence-corrected chi connectivity index (χ2v) is 3.63. The van der Waals surface area contributed by atoms with Crippen LogP contribution in [0, 0.1) is 17.5 Å². The molecule has 0 aliphatic rings. The molecule has 0 bridgehead atoms. The summed E-state index contributed by atoms with van der Waals surface area (Å²) in [5.41, 5.74) is -0.201. The van der Waals surface area contributed by atoms with E-state index in [-0.39, 0.29) is 12.2 Å². The van der Waals surface area contributed by atoms with Crippen LogP contribution in [0.2, 0.25) is 0 Å². The van der Waals surface area contributed by atoms with Gasteiger partial charge >= 0.3 is 0 Å². The fourth-order valence-corrected chi connectivity index (χ4v) is 1.35. The lowest BCUT2D eigenvalue weighted by Gasteiger charge is -2.09. The maximum absolute atomic E-state index is 13.2. The molecule has 0 heterocycles. The summed E-state index contributed by atoms with van der Waals surface area (Å²) in [5.74, 6) is -3.12. The molecule has 1 aromatic rings. The zero-order chi connectivity index (χ0) is 13.4. The van der Waals surface area contributed by atoms with E-state index in [4.69, 9.17) is 9.47 Å². The number of ether oxygens (including phenoxy) is 2. The van der Waals surface area contributed by atoms with Crippen molar-refractivity contribution in [2.75, 3.05) is 38.8 Å². The van der Waals surface area contributed by atoms with E-state index in [2.05, 4.69) is 5.32 Å². The van der Waals surface area contributed by atoms with Crippen molar-refractivity contribution in [3.05, 3.63) is 29.6 Å². The van der Waals surface area contributed by atoms with E-state index in [9.17, 15) is 13.2 Å². The number of nitrogens with one attached hydrogen (secondary N) is 1. The van der Waals surface area contributed by atoms with Crippen LogP contribution in [0.4, 0.5) is 18.9 Å². The van der Waals surface area contributed by atoms with Crippen LogP contribution in [0.15, 0.2) is 12.1 Å². The highest BCUT2D eigenvalue weighted by atomic mass is 19.2. The summed E-state index contributed by atoms with van der Waals surface area (Å²) < 4.78 is 48.9. The number of halogens is 3. The van der Waals surface area contributed by atoms with Gasteiger partial charge in [-0.1, -0.05) is 0 Å². The van der Waals surface area contributed by atoms with Gasteiger partial charge in [-0.05, 0) is 6.42 Å². The van der Waals surface area contributed by atoms with Crippen molar-refractivity contribution in [3.8, 4) is 0 Å². The van der Waals surface area contributed by atoms with E-state index in [1.54, 1.807) is 7.11 Å². The Balaban J connectivity index is 2.27. The van der Waals surface area contributed by atoms with E-state index < -0.39 is 17.5 Å². The highest BCUT2D eigenvalue weighted by Crippen LogP contribution is 2.18. The van der Waals surface area contributed by atoms with Crippen LogP contribution >= 0.6 is 0 Å². The van der Waals surface area contributed by atoms with Crippen molar-refractivity contribution in [1.29, 1.82) is 0 Å². The van der Waals surface area contributed by atoms with Gasteiger partial charge in [0.1, 0.15) is 5.82 Å². The van der Waals surface area contributed by atoms with Crippen LogP contribution in [0.5, 0.6) is 0 Å². The second-order valence-electron chi connectivity index (χ2n) is 3.63. The van der Waals surface area contributed by atoms with Crippen LogP contribution in [-0.2, 0) is 9.47 Å². The van der Waals surface area contributed by atoms with Crippen molar-refractivity contribution in [3.63, 3.8) is 0 Å². The maximum atomic E-state index is 13.2. The van der Waals surface area contributed by atoms with Crippen molar-refractivity contribution in [2.45, 2.75) is 6.42 Å². The molecule has 0 atom stereocenters. The first-order chi connectivity index (χ1) is 8.65. The minimum Gasteiger partial charge on any atom is -0.385 e. The monoisotopic (exact) mass is 263 g/mol. The molecular formula is C12H16F3NO2. The van der Waals surface area contributed by atoms with Crippen molar-refractivity contribution >= 4 is 5.69 Å².